The van der Waals surface area contributed by atoms with Crippen molar-refractivity contribution in [2.45, 2.75) is 60.3 Å². The van der Waals surface area contributed by atoms with Crippen molar-refractivity contribution in [2.75, 3.05) is 0 Å². The quantitative estimate of drug-likeness (QED) is 0.565. The van der Waals surface area contributed by atoms with E-state index in [0.29, 0.717) is 17.9 Å². The molecule has 2 aromatic carbocycles. The number of halogens is 4. The van der Waals surface area contributed by atoms with Crippen molar-refractivity contribution in [2.24, 2.45) is 5.92 Å². The van der Waals surface area contributed by atoms with E-state index in [4.69, 9.17) is 16.3 Å². The second kappa shape index (κ2) is 9.45. The molecule has 0 heterocycles. The third-order valence-electron chi connectivity index (χ3n) is 6.44. The molecule has 2 aromatic rings. The summed E-state index contributed by atoms with van der Waals surface area (Å²) in [5, 5.41) is 11.3. The molecule has 1 amide bonds. The van der Waals surface area contributed by atoms with Gasteiger partial charge in [0.2, 0.25) is 5.91 Å². The number of hydrogen-bond acceptors (Lipinski definition) is 5. The molecule has 0 aromatic heterocycles. The number of alkyl halides is 3. The smallest absolute Gasteiger partial charge is 0.373 e. The number of benzene rings is 2. The van der Waals surface area contributed by atoms with Crippen molar-refractivity contribution in [1.29, 1.82) is 5.26 Å². The van der Waals surface area contributed by atoms with Gasteiger partial charge in [-0.1, -0.05) is 35.9 Å². The SMILES string of the molecule is N#CC1(NC(=O)[C@H]2C[C@H](S(=O)(=O)c3ccccc3C(F)(F)F)C[C@@H]2OCc2ccc(Cl)cc2)CC1. The van der Waals surface area contributed by atoms with Gasteiger partial charge < -0.3 is 10.1 Å². The zero-order valence-corrected chi connectivity index (χ0v) is 20.0. The number of ether oxygens (including phenoxy) is 1. The second-order valence-electron chi connectivity index (χ2n) is 8.90. The molecule has 0 spiro atoms. The van der Waals surface area contributed by atoms with Crippen LogP contribution in [0.5, 0.6) is 0 Å². The molecule has 0 aliphatic heterocycles. The Hall–Kier alpha value is -2.61. The molecule has 2 fully saturated rings. The molecule has 3 atom stereocenters. The lowest BCUT2D eigenvalue weighted by atomic mass is 10.0. The Morgan fingerprint density at radius 2 is 1.80 bits per heavy atom. The van der Waals surface area contributed by atoms with Crippen LogP contribution in [0.4, 0.5) is 13.2 Å². The number of nitriles is 1. The average Bonchev–Trinajstić information content (AvgIpc) is 3.45. The van der Waals surface area contributed by atoms with E-state index in [1.165, 1.54) is 6.07 Å². The first kappa shape index (κ1) is 25.5. The summed E-state index contributed by atoms with van der Waals surface area (Å²) in [5.74, 6) is -1.47. The highest BCUT2D eigenvalue weighted by atomic mass is 35.5. The Morgan fingerprint density at radius 3 is 2.40 bits per heavy atom. The number of nitrogens with one attached hydrogen (secondary N) is 1. The molecular weight excluding hydrogens is 505 g/mol. The highest BCUT2D eigenvalue weighted by Crippen LogP contribution is 2.42. The van der Waals surface area contributed by atoms with Crippen LogP contribution < -0.4 is 5.32 Å². The summed E-state index contributed by atoms with van der Waals surface area (Å²) in [7, 11) is -4.44. The van der Waals surface area contributed by atoms with Crippen molar-refractivity contribution in [3.8, 4) is 6.07 Å². The van der Waals surface area contributed by atoms with E-state index >= 15 is 0 Å². The van der Waals surface area contributed by atoms with Gasteiger partial charge in [0.05, 0.1) is 40.4 Å². The molecular formula is C24H22ClF3N2O4S. The third-order valence-corrected chi connectivity index (χ3v) is 8.92. The van der Waals surface area contributed by atoms with Gasteiger partial charge in [-0.05, 0) is 55.5 Å². The number of carbonyl (C=O) groups is 1. The van der Waals surface area contributed by atoms with E-state index in [1.54, 1.807) is 24.3 Å². The molecule has 0 bridgehead atoms. The summed E-state index contributed by atoms with van der Waals surface area (Å²) < 4.78 is 73.1. The number of nitrogens with zero attached hydrogens (tertiary/aromatic N) is 1. The van der Waals surface area contributed by atoms with Gasteiger partial charge in [-0.2, -0.15) is 18.4 Å². The molecule has 2 saturated carbocycles. The van der Waals surface area contributed by atoms with Crippen molar-refractivity contribution in [1.82, 2.24) is 5.32 Å². The summed E-state index contributed by atoms with van der Waals surface area (Å²) in [6.07, 6.45) is -5.11. The van der Waals surface area contributed by atoms with Crippen LogP contribution in [0.15, 0.2) is 53.4 Å². The molecule has 186 valence electrons. The minimum atomic E-state index is -4.85. The maximum absolute atomic E-state index is 13.5. The van der Waals surface area contributed by atoms with Crippen molar-refractivity contribution < 1.29 is 31.1 Å². The molecule has 2 aliphatic rings. The van der Waals surface area contributed by atoms with Crippen LogP contribution in [0, 0.1) is 17.2 Å². The molecule has 4 rings (SSSR count). The Labute approximate surface area is 205 Å². The fraction of sp³-hybridized carbons (Fsp3) is 0.417. The van der Waals surface area contributed by atoms with Gasteiger partial charge in [-0.15, -0.1) is 0 Å². The van der Waals surface area contributed by atoms with Crippen molar-refractivity contribution >= 4 is 27.3 Å². The second-order valence-corrected chi connectivity index (χ2v) is 11.5. The Bertz CT molecular complexity index is 1250. The highest BCUT2D eigenvalue weighted by Gasteiger charge is 2.51. The zero-order chi connectivity index (χ0) is 25.4. The third kappa shape index (κ3) is 5.47. The number of sulfone groups is 1. The van der Waals surface area contributed by atoms with Gasteiger partial charge in [0.25, 0.3) is 0 Å². The molecule has 0 radical (unpaired) electrons. The zero-order valence-electron chi connectivity index (χ0n) is 18.4. The van der Waals surface area contributed by atoms with E-state index in [9.17, 15) is 31.6 Å². The Morgan fingerprint density at radius 1 is 1.14 bits per heavy atom. The average molecular weight is 527 g/mol. The number of carbonyl (C=O) groups excluding carboxylic acids is 1. The molecule has 2 aliphatic carbocycles. The van der Waals surface area contributed by atoms with E-state index in [1.807, 2.05) is 6.07 Å². The minimum absolute atomic E-state index is 0.0565. The van der Waals surface area contributed by atoms with Crippen molar-refractivity contribution in [3.63, 3.8) is 0 Å². The highest BCUT2D eigenvalue weighted by molar-refractivity contribution is 7.92. The summed E-state index contributed by atoms with van der Waals surface area (Å²) >= 11 is 5.89. The van der Waals surface area contributed by atoms with Gasteiger partial charge >= 0.3 is 6.18 Å². The van der Waals surface area contributed by atoms with Gasteiger partial charge in [0.15, 0.2) is 9.84 Å². The lowest BCUT2D eigenvalue weighted by molar-refractivity contribution is -0.140. The van der Waals surface area contributed by atoms with Gasteiger partial charge in [-0.25, -0.2) is 8.42 Å². The summed E-state index contributed by atoms with van der Waals surface area (Å²) in [6, 6.07) is 12.8. The largest absolute Gasteiger partial charge is 0.417 e. The summed E-state index contributed by atoms with van der Waals surface area (Å²) in [4.78, 5) is 12.2. The predicted molar refractivity (Wildman–Crippen MR) is 121 cm³/mol. The maximum Gasteiger partial charge on any atom is 0.417 e. The molecule has 0 unspecified atom stereocenters. The van der Waals surface area contributed by atoms with Crippen LogP contribution in [0.2, 0.25) is 5.02 Å². The fourth-order valence-electron chi connectivity index (χ4n) is 4.30. The molecule has 0 saturated heterocycles. The number of amides is 1. The van der Waals surface area contributed by atoms with Gasteiger partial charge in [0.1, 0.15) is 5.54 Å². The first-order chi connectivity index (χ1) is 16.4. The molecule has 6 nitrogen and oxygen atoms in total. The monoisotopic (exact) mass is 526 g/mol. The van der Waals surface area contributed by atoms with Crippen LogP contribution in [0.1, 0.15) is 36.8 Å². The Kier molecular flexibility index (Phi) is 6.88. The topological polar surface area (TPSA) is 96.3 Å². The minimum Gasteiger partial charge on any atom is -0.373 e. The number of hydrogen-bond donors (Lipinski definition) is 1. The van der Waals surface area contributed by atoms with Crippen molar-refractivity contribution in [3.05, 3.63) is 64.7 Å². The Balaban J connectivity index is 1.60. The van der Waals surface area contributed by atoms with E-state index in [0.717, 1.165) is 23.8 Å². The van der Waals surface area contributed by atoms with Crippen LogP contribution in [0.25, 0.3) is 0 Å². The molecule has 11 heteroatoms. The van der Waals surface area contributed by atoms with E-state index < -0.39 is 55.2 Å². The normalized spacial score (nSPS) is 23.5. The molecule has 1 N–H and O–H groups in total. The lowest BCUT2D eigenvalue weighted by Crippen LogP contribution is -2.42. The number of rotatable bonds is 7. The van der Waals surface area contributed by atoms with E-state index in [-0.39, 0.29) is 19.4 Å². The van der Waals surface area contributed by atoms with Crippen LogP contribution in [0.3, 0.4) is 0 Å². The standard InChI is InChI=1S/C24H22ClF3N2O4S/c25-16-7-5-15(6-8-16)13-34-20-12-17(11-18(20)22(31)30-23(14-29)9-10-23)35(32,33)21-4-2-1-3-19(21)24(26,27)28/h1-8,17-18,20H,9-13H2,(H,30,31)/t17-,18-,20-/m0/s1. The van der Waals surface area contributed by atoms with Gasteiger partial charge in [0, 0.05) is 5.02 Å². The lowest BCUT2D eigenvalue weighted by Gasteiger charge is -2.21. The summed E-state index contributed by atoms with van der Waals surface area (Å²) in [5.41, 5.74) is -1.48. The fourth-order valence-corrected chi connectivity index (χ4v) is 6.45. The van der Waals surface area contributed by atoms with Crippen LogP contribution in [-0.2, 0) is 32.2 Å². The molecule has 35 heavy (non-hydrogen) atoms. The summed E-state index contributed by atoms with van der Waals surface area (Å²) in [6.45, 7) is 0.0565. The maximum atomic E-state index is 13.5. The van der Waals surface area contributed by atoms with E-state index in [2.05, 4.69) is 5.32 Å². The van der Waals surface area contributed by atoms with Crippen LogP contribution >= 0.6 is 11.6 Å². The first-order valence-corrected chi connectivity index (χ1v) is 12.9. The van der Waals surface area contributed by atoms with Crippen LogP contribution in [-0.4, -0.2) is 31.2 Å². The van der Waals surface area contributed by atoms with Gasteiger partial charge in [-0.3, -0.25) is 4.79 Å². The first-order valence-electron chi connectivity index (χ1n) is 10.9. The predicted octanol–water partition coefficient (Wildman–Crippen LogP) is 4.67.